The zero-order valence-electron chi connectivity index (χ0n) is 14.0. The number of amides is 1. The lowest BCUT2D eigenvalue weighted by atomic mass is 9.84. The maximum Gasteiger partial charge on any atom is 0.412 e. The van der Waals surface area contributed by atoms with Crippen LogP contribution in [0.1, 0.15) is 29.4 Å². The molecule has 0 spiro atoms. The van der Waals surface area contributed by atoms with Crippen LogP contribution < -0.4 is 10.5 Å². The lowest BCUT2D eigenvalue weighted by Crippen LogP contribution is -2.48. The van der Waals surface area contributed by atoms with Crippen LogP contribution in [0.4, 0.5) is 4.79 Å². The second-order valence-corrected chi connectivity index (χ2v) is 6.59. The van der Waals surface area contributed by atoms with E-state index in [-0.39, 0.29) is 11.7 Å². The molecule has 2 N–H and O–H groups in total. The molecule has 1 aromatic heterocycles. The number of rotatable bonds is 3. The van der Waals surface area contributed by atoms with Crippen molar-refractivity contribution in [2.24, 2.45) is 11.7 Å². The molecule has 1 amide bonds. The van der Waals surface area contributed by atoms with Crippen molar-refractivity contribution in [2.75, 3.05) is 26.7 Å². The van der Waals surface area contributed by atoms with Gasteiger partial charge in [-0.3, -0.25) is 4.68 Å². The summed E-state index contributed by atoms with van der Waals surface area (Å²) in [5, 5.41) is 5.11. The number of nitrogens with two attached hydrogens (primary N) is 1. The highest BCUT2D eigenvalue weighted by Gasteiger charge is 2.37. The van der Waals surface area contributed by atoms with Crippen molar-refractivity contribution >= 4 is 23.0 Å². The number of methoxy groups -OCH3 is 1. The van der Waals surface area contributed by atoms with Crippen LogP contribution in [0, 0.1) is 5.92 Å². The number of esters is 1. The number of hydrogen-bond donors (Lipinski definition) is 1. The minimum absolute atomic E-state index is 0.0872. The third kappa shape index (κ3) is 2.72. The van der Waals surface area contributed by atoms with E-state index in [1.165, 1.54) is 0 Å². The molecule has 3 aliphatic heterocycles. The van der Waals surface area contributed by atoms with Crippen molar-refractivity contribution < 1.29 is 19.1 Å². The van der Waals surface area contributed by atoms with Crippen molar-refractivity contribution in [3.63, 3.8) is 0 Å². The van der Waals surface area contributed by atoms with Gasteiger partial charge in [-0.2, -0.15) is 5.10 Å². The van der Waals surface area contributed by atoms with E-state index < -0.39 is 12.1 Å². The van der Waals surface area contributed by atoms with E-state index in [1.54, 1.807) is 13.2 Å². The molecular weight excluding hydrogens is 324 g/mol. The highest BCUT2D eigenvalue weighted by atomic mass is 16.6. The van der Waals surface area contributed by atoms with Crippen LogP contribution in [-0.2, 0) is 4.74 Å². The number of fused-ring (bicyclic) bond motifs is 4. The second kappa shape index (κ2) is 6.03. The first-order valence-corrected chi connectivity index (χ1v) is 8.37. The fourth-order valence-corrected chi connectivity index (χ4v) is 4.00. The summed E-state index contributed by atoms with van der Waals surface area (Å²) in [7, 11) is 1.56. The molecule has 0 unspecified atom stereocenters. The van der Waals surface area contributed by atoms with E-state index in [0.29, 0.717) is 17.1 Å². The average Bonchev–Trinajstić information content (AvgIpc) is 3.00. The Hall–Kier alpha value is -2.61. The van der Waals surface area contributed by atoms with Crippen molar-refractivity contribution in [3.8, 4) is 5.75 Å². The Labute approximate surface area is 144 Å². The third-order valence-electron chi connectivity index (χ3n) is 5.24. The number of hydrogen-bond acceptors (Lipinski definition) is 6. The van der Waals surface area contributed by atoms with Gasteiger partial charge in [-0.15, -0.1) is 0 Å². The number of aromatic nitrogens is 2. The van der Waals surface area contributed by atoms with Gasteiger partial charge in [-0.05, 0) is 50.0 Å². The molecular formula is C17H20N4O4. The molecule has 0 radical (unpaired) electrons. The number of nitrogens with zero attached hydrogens (tertiary/aromatic N) is 3. The van der Waals surface area contributed by atoms with Gasteiger partial charge in [0.05, 0.1) is 18.7 Å². The van der Waals surface area contributed by atoms with Gasteiger partial charge >= 0.3 is 12.1 Å². The van der Waals surface area contributed by atoms with Crippen LogP contribution in [-0.4, -0.2) is 53.5 Å². The summed E-state index contributed by atoms with van der Waals surface area (Å²) in [5.41, 5.74) is 5.90. The van der Waals surface area contributed by atoms with Gasteiger partial charge in [0.25, 0.3) is 0 Å². The first-order valence-electron chi connectivity index (χ1n) is 8.37. The van der Waals surface area contributed by atoms with E-state index in [9.17, 15) is 9.59 Å². The van der Waals surface area contributed by atoms with Gasteiger partial charge in [0.15, 0.2) is 5.69 Å². The van der Waals surface area contributed by atoms with E-state index in [0.717, 1.165) is 38.0 Å². The van der Waals surface area contributed by atoms with Crippen LogP contribution in [0.3, 0.4) is 0 Å². The maximum atomic E-state index is 12.3. The zero-order chi connectivity index (χ0) is 17.6. The minimum Gasteiger partial charge on any atom is -0.497 e. The molecule has 2 aromatic rings. The van der Waals surface area contributed by atoms with Crippen LogP contribution in [0.15, 0.2) is 18.2 Å². The van der Waals surface area contributed by atoms with Crippen LogP contribution in [0.5, 0.6) is 5.75 Å². The molecule has 2 bridgehead atoms. The molecule has 5 rings (SSSR count). The summed E-state index contributed by atoms with van der Waals surface area (Å²) in [6.45, 7) is 3.15. The number of piperidine rings is 3. The predicted molar refractivity (Wildman–Crippen MR) is 89.5 cm³/mol. The Balaban J connectivity index is 1.81. The lowest BCUT2D eigenvalue weighted by Gasteiger charge is -2.44. The number of carbonyl (C=O) groups excluding carboxylic acids is 2. The monoisotopic (exact) mass is 344 g/mol. The molecule has 1 atom stereocenters. The quantitative estimate of drug-likeness (QED) is 0.670. The first-order chi connectivity index (χ1) is 12.1. The summed E-state index contributed by atoms with van der Waals surface area (Å²) >= 11 is 0. The first kappa shape index (κ1) is 15.9. The SMILES string of the molecule is COc1ccc2c(c1)c(C(=O)OC(N)=O)nn2[C@@H]1CN2CCC1CC2. The Morgan fingerprint density at radius 2 is 2.04 bits per heavy atom. The van der Waals surface area contributed by atoms with E-state index in [2.05, 4.69) is 14.7 Å². The van der Waals surface area contributed by atoms with Crippen LogP contribution in [0.2, 0.25) is 0 Å². The van der Waals surface area contributed by atoms with E-state index in [1.807, 2.05) is 16.8 Å². The summed E-state index contributed by atoms with van der Waals surface area (Å²) in [6, 6.07) is 5.66. The highest BCUT2D eigenvalue weighted by molar-refractivity contribution is 6.05. The highest BCUT2D eigenvalue weighted by Crippen LogP contribution is 2.38. The summed E-state index contributed by atoms with van der Waals surface area (Å²) in [6.07, 6.45) is 1.12. The van der Waals surface area contributed by atoms with Crippen molar-refractivity contribution in [2.45, 2.75) is 18.9 Å². The molecule has 0 saturated carbocycles. The fourth-order valence-electron chi connectivity index (χ4n) is 4.00. The van der Waals surface area contributed by atoms with Gasteiger partial charge in [0, 0.05) is 11.9 Å². The fraction of sp³-hybridized carbons (Fsp3) is 0.471. The molecule has 25 heavy (non-hydrogen) atoms. The zero-order valence-corrected chi connectivity index (χ0v) is 14.0. The molecule has 0 aliphatic carbocycles. The Morgan fingerprint density at radius 1 is 1.28 bits per heavy atom. The smallest absolute Gasteiger partial charge is 0.412 e. The topological polar surface area (TPSA) is 99.7 Å². The van der Waals surface area contributed by atoms with Crippen LogP contribution >= 0.6 is 0 Å². The maximum absolute atomic E-state index is 12.3. The van der Waals surface area contributed by atoms with Crippen molar-refractivity contribution in [1.82, 2.24) is 14.7 Å². The van der Waals surface area contributed by atoms with E-state index >= 15 is 0 Å². The normalized spacial score (nSPS) is 25.1. The summed E-state index contributed by atoms with van der Waals surface area (Å²) in [5.74, 6) is 0.301. The lowest BCUT2D eigenvalue weighted by molar-refractivity contribution is 0.0518. The van der Waals surface area contributed by atoms with Gasteiger partial charge in [0.1, 0.15) is 5.75 Å². The summed E-state index contributed by atoms with van der Waals surface area (Å²) < 4.78 is 11.7. The van der Waals surface area contributed by atoms with Gasteiger partial charge in [-0.25, -0.2) is 9.59 Å². The predicted octanol–water partition coefficient (Wildman–Crippen LogP) is 1.55. The largest absolute Gasteiger partial charge is 0.497 e. The Kier molecular flexibility index (Phi) is 3.84. The second-order valence-electron chi connectivity index (χ2n) is 6.59. The van der Waals surface area contributed by atoms with Crippen LogP contribution in [0.25, 0.3) is 10.9 Å². The molecule has 132 valence electrons. The molecule has 3 fully saturated rings. The van der Waals surface area contributed by atoms with Gasteiger partial charge in [-0.1, -0.05) is 0 Å². The minimum atomic E-state index is -1.14. The summed E-state index contributed by atoms with van der Waals surface area (Å²) in [4.78, 5) is 25.7. The van der Waals surface area contributed by atoms with Gasteiger partial charge in [0.2, 0.25) is 0 Å². The number of benzene rings is 1. The third-order valence-corrected chi connectivity index (χ3v) is 5.24. The molecule has 8 nitrogen and oxygen atoms in total. The molecule has 4 heterocycles. The molecule has 3 aliphatic rings. The van der Waals surface area contributed by atoms with Crippen molar-refractivity contribution in [1.29, 1.82) is 0 Å². The molecule has 8 heteroatoms. The molecule has 1 aromatic carbocycles. The standard InChI is InChI=1S/C17H20N4O4/c1-24-11-2-3-13-12(8-11)15(16(22)25-17(18)23)19-21(13)14-9-20-6-4-10(14)5-7-20/h2-3,8,10,14H,4-7,9H2,1H3,(H2,18,23)/t14-/m1/s1. The Morgan fingerprint density at radius 3 is 2.64 bits per heavy atom. The average molecular weight is 344 g/mol. The number of ether oxygens (including phenoxy) is 2. The van der Waals surface area contributed by atoms with Crippen molar-refractivity contribution in [3.05, 3.63) is 23.9 Å². The van der Waals surface area contributed by atoms with Gasteiger partial charge < -0.3 is 20.1 Å². The number of carbonyl (C=O) groups is 2. The molecule has 3 saturated heterocycles. The number of primary amides is 1. The Bertz CT molecular complexity index is 839. The van der Waals surface area contributed by atoms with E-state index in [4.69, 9.17) is 10.5 Å².